The number of ether oxygens (including phenoxy) is 1. The van der Waals surface area contributed by atoms with E-state index >= 15 is 0 Å². The summed E-state index contributed by atoms with van der Waals surface area (Å²) in [7, 11) is 1.30. The van der Waals surface area contributed by atoms with Crippen LogP contribution in [0.15, 0.2) is 35.9 Å². The monoisotopic (exact) mass is 304 g/mol. The third-order valence-corrected chi connectivity index (χ3v) is 2.82. The first-order valence-electron chi connectivity index (χ1n) is 6.93. The lowest BCUT2D eigenvalue weighted by Crippen LogP contribution is -2.23. The van der Waals surface area contributed by atoms with Gasteiger partial charge in [0.15, 0.2) is 0 Å². The van der Waals surface area contributed by atoms with Crippen molar-refractivity contribution < 1.29 is 19.1 Å². The van der Waals surface area contributed by atoms with Crippen LogP contribution in [0.5, 0.6) is 0 Å². The molecular weight excluding hydrogens is 284 g/mol. The summed E-state index contributed by atoms with van der Waals surface area (Å²) in [5, 5.41) is 5.31. The summed E-state index contributed by atoms with van der Waals surface area (Å²) < 4.78 is 4.59. The second-order valence-electron chi connectivity index (χ2n) is 4.64. The molecule has 1 aromatic carbocycles. The average molecular weight is 304 g/mol. The first-order chi connectivity index (χ1) is 10.5. The van der Waals surface area contributed by atoms with E-state index in [1.807, 2.05) is 6.92 Å². The van der Waals surface area contributed by atoms with Gasteiger partial charge in [-0.25, -0.2) is 4.79 Å². The van der Waals surface area contributed by atoms with Gasteiger partial charge >= 0.3 is 5.97 Å². The van der Waals surface area contributed by atoms with Gasteiger partial charge in [-0.15, -0.1) is 0 Å². The van der Waals surface area contributed by atoms with Crippen molar-refractivity contribution in [3.63, 3.8) is 0 Å². The van der Waals surface area contributed by atoms with Crippen LogP contribution in [0.2, 0.25) is 0 Å². The molecule has 22 heavy (non-hydrogen) atoms. The van der Waals surface area contributed by atoms with E-state index < -0.39 is 5.97 Å². The molecule has 1 aromatic rings. The van der Waals surface area contributed by atoms with Gasteiger partial charge < -0.3 is 15.4 Å². The Hall–Kier alpha value is -2.63. The highest BCUT2D eigenvalue weighted by Crippen LogP contribution is 2.11. The summed E-state index contributed by atoms with van der Waals surface area (Å²) in [6.07, 6.45) is 2.09. The fourth-order valence-electron chi connectivity index (χ4n) is 1.60. The Morgan fingerprint density at radius 3 is 2.36 bits per heavy atom. The molecule has 0 aliphatic carbocycles. The van der Waals surface area contributed by atoms with E-state index in [4.69, 9.17) is 0 Å². The number of methoxy groups -OCH3 is 1. The fraction of sp³-hybridized carbons (Fsp3) is 0.312. The van der Waals surface area contributed by atoms with Crippen LogP contribution in [0.3, 0.4) is 0 Å². The topological polar surface area (TPSA) is 84.5 Å². The summed E-state index contributed by atoms with van der Waals surface area (Å²) in [6, 6.07) is 6.28. The van der Waals surface area contributed by atoms with E-state index in [0.29, 0.717) is 23.4 Å². The van der Waals surface area contributed by atoms with Crippen LogP contribution in [-0.2, 0) is 14.3 Å². The zero-order valence-electron chi connectivity index (χ0n) is 12.9. The number of carbonyl (C=O) groups is 3. The summed E-state index contributed by atoms with van der Waals surface area (Å²) in [5.74, 6) is -1.12. The van der Waals surface area contributed by atoms with E-state index in [2.05, 4.69) is 15.4 Å². The number of rotatable bonds is 6. The van der Waals surface area contributed by atoms with Crippen LogP contribution >= 0.6 is 0 Å². The van der Waals surface area contributed by atoms with Gasteiger partial charge in [-0.2, -0.15) is 0 Å². The molecule has 0 fully saturated rings. The van der Waals surface area contributed by atoms with Crippen LogP contribution in [0.25, 0.3) is 0 Å². The molecule has 118 valence electrons. The Morgan fingerprint density at radius 2 is 1.82 bits per heavy atom. The Morgan fingerprint density at radius 1 is 1.18 bits per heavy atom. The van der Waals surface area contributed by atoms with Gasteiger partial charge in [-0.1, -0.05) is 6.92 Å². The number of anilines is 1. The molecule has 6 heteroatoms. The van der Waals surface area contributed by atoms with Crippen molar-refractivity contribution in [3.8, 4) is 0 Å². The smallest absolute Gasteiger partial charge is 0.337 e. The van der Waals surface area contributed by atoms with E-state index in [-0.39, 0.29) is 11.8 Å². The second kappa shape index (κ2) is 8.61. The Kier molecular flexibility index (Phi) is 6.82. The highest BCUT2D eigenvalue weighted by Gasteiger charge is 2.08. The van der Waals surface area contributed by atoms with Crippen LogP contribution in [-0.4, -0.2) is 31.4 Å². The van der Waals surface area contributed by atoms with E-state index in [0.717, 1.165) is 6.42 Å². The molecule has 0 unspecified atom stereocenters. The van der Waals surface area contributed by atoms with E-state index in [1.54, 1.807) is 31.2 Å². The molecule has 0 saturated heterocycles. The molecular formula is C16H20N2O4. The molecule has 0 aliphatic rings. The molecule has 1 rings (SSSR count). The van der Waals surface area contributed by atoms with Gasteiger partial charge in [0.1, 0.15) is 0 Å². The zero-order chi connectivity index (χ0) is 16.5. The number of amides is 2. The summed E-state index contributed by atoms with van der Waals surface area (Å²) in [6.45, 7) is 4.07. The standard InChI is InChI=1S/C16H20N2O4/c1-4-9-17-14(19)10-11(2)15(20)18-13-7-5-12(6-8-13)16(21)22-3/h5-8,10H,4,9H2,1-3H3,(H,17,19)(H,18,20)/b11-10+. The van der Waals surface area contributed by atoms with Gasteiger partial charge in [-0.3, -0.25) is 9.59 Å². The van der Waals surface area contributed by atoms with Crippen molar-refractivity contribution in [2.75, 3.05) is 19.0 Å². The number of hydrogen-bond acceptors (Lipinski definition) is 4. The number of nitrogens with one attached hydrogen (secondary N) is 2. The zero-order valence-corrected chi connectivity index (χ0v) is 12.9. The minimum absolute atomic E-state index is 0.296. The SMILES string of the molecule is CCCNC(=O)/C=C(\C)C(=O)Nc1ccc(C(=O)OC)cc1. The molecule has 0 atom stereocenters. The number of benzene rings is 1. The molecule has 0 saturated carbocycles. The Labute approximate surface area is 129 Å². The van der Waals surface area contributed by atoms with Gasteiger partial charge in [0.05, 0.1) is 12.7 Å². The van der Waals surface area contributed by atoms with E-state index in [9.17, 15) is 14.4 Å². The quantitative estimate of drug-likeness (QED) is 0.621. The Balaban J connectivity index is 2.66. The summed E-state index contributed by atoms with van der Waals surface area (Å²) in [4.78, 5) is 34.7. The molecule has 0 aromatic heterocycles. The molecule has 0 spiro atoms. The largest absolute Gasteiger partial charge is 0.465 e. The molecule has 6 nitrogen and oxygen atoms in total. The lowest BCUT2D eigenvalue weighted by Gasteiger charge is -2.06. The predicted molar refractivity (Wildman–Crippen MR) is 83.5 cm³/mol. The number of carbonyl (C=O) groups excluding carboxylic acids is 3. The minimum Gasteiger partial charge on any atom is -0.465 e. The lowest BCUT2D eigenvalue weighted by molar-refractivity contribution is -0.117. The summed E-state index contributed by atoms with van der Waals surface area (Å²) >= 11 is 0. The van der Waals surface area contributed by atoms with Gasteiger partial charge in [-0.05, 0) is 37.6 Å². The lowest BCUT2D eigenvalue weighted by atomic mass is 10.2. The van der Waals surface area contributed by atoms with Crippen molar-refractivity contribution in [3.05, 3.63) is 41.5 Å². The molecule has 0 bridgehead atoms. The maximum Gasteiger partial charge on any atom is 0.337 e. The van der Waals surface area contributed by atoms with Crippen LogP contribution in [0, 0.1) is 0 Å². The first kappa shape index (κ1) is 17.4. The molecule has 2 N–H and O–H groups in total. The highest BCUT2D eigenvalue weighted by atomic mass is 16.5. The molecule has 2 amide bonds. The molecule has 0 radical (unpaired) electrons. The predicted octanol–water partition coefficient (Wildman–Crippen LogP) is 1.88. The molecule has 0 aliphatic heterocycles. The third kappa shape index (κ3) is 5.40. The maximum atomic E-state index is 11.9. The first-order valence-corrected chi connectivity index (χ1v) is 6.93. The maximum absolute atomic E-state index is 11.9. The van der Waals surface area contributed by atoms with Crippen molar-refractivity contribution >= 4 is 23.5 Å². The minimum atomic E-state index is -0.443. The second-order valence-corrected chi connectivity index (χ2v) is 4.64. The van der Waals surface area contributed by atoms with Crippen molar-refractivity contribution in [2.24, 2.45) is 0 Å². The van der Waals surface area contributed by atoms with Crippen LogP contribution in [0.1, 0.15) is 30.6 Å². The van der Waals surface area contributed by atoms with Crippen molar-refractivity contribution in [2.45, 2.75) is 20.3 Å². The average Bonchev–Trinajstić information content (AvgIpc) is 2.52. The normalized spacial score (nSPS) is 10.8. The fourth-order valence-corrected chi connectivity index (χ4v) is 1.60. The molecule has 0 heterocycles. The Bertz CT molecular complexity index is 576. The van der Waals surface area contributed by atoms with Crippen LogP contribution in [0.4, 0.5) is 5.69 Å². The van der Waals surface area contributed by atoms with Crippen LogP contribution < -0.4 is 10.6 Å². The van der Waals surface area contributed by atoms with Crippen molar-refractivity contribution in [1.29, 1.82) is 0 Å². The highest BCUT2D eigenvalue weighted by molar-refractivity contribution is 6.07. The van der Waals surface area contributed by atoms with Crippen molar-refractivity contribution in [1.82, 2.24) is 5.32 Å². The summed E-state index contributed by atoms with van der Waals surface area (Å²) in [5.41, 5.74) is 1.22. The van der Waals surface area contributed by atoms with Gasteiger partial charge in [0.2, 0.25) is 5.91 Å². The number of hydrogen-bond donors (Lipinski definition) is 2. The van der Waals surface area contributed by atoms with Gasteiger partial charge in [0, 0.05) is 23.9 Å². The number of esters is 1. The van der Waals surface area contributed by atoms with Gasteiger partial charge in [0.25, 0.3) is 5.91 Å². The third-order valence-electron chi connectivity index (χ3n) is 2.82. The van der Waals surface area contributed by atoms with E-state index in [1.165, 1.54) is 13.2 Å².